The Hall–Kier alpha value is -2.96. The Morgan fingerprint density at radius 2 is 1.67 bits per heavy atom. The Kier molecular flexibility index (Phi) is 5.69. The molecule has 1 aliphatic rings. The van der Waals surface area contributed by atoms with Gasteiger partial charge in [0, 0.05) is 51.0 Å². The number of nitrogens with zero attached hydrogens (tertiary/aromatic N) is 5. The zero-order chi connectivity index (χ0) is 19.4. The first-order valence-electron chi connectivity index (χ1n) is 9.22. The fourth-order valence-electron chi connectivity index (χ4n) is 3.22. The van der Waals surface area contributed by atoms with Gasteiger partial charge in [-0.05, 0) is 32.0 Å². The van der Waals surface area contributed by atoms with Crippen LogP contribution in [0.15, 0.2) is 36.4 Å². The summed E-state index contributed by atoms with van der Waals surface area (Å²) in [5.74, 6) is 0.451. The summed E-state index contributed by atoms with van der Waals surface area (Å²) in [5, 5.41) is 0. The first-order chi connectivity index (χ1) is 13.0. The molecule has 7 heteroatoms. The van der Waals surface area contributed by atoms with Crippen LogP contribution < -0.4 is 4.90 Å². The predicted octanol–water partition coefficient (Wildman–Crippen LogP) is 2.25. The summed E-state index contributed by atoms with van der Waals surface area (Å²) in [6, 6.07) is 11.6. The van der Waals surface area contributed by atoms with Crippen LogP contribution in [-0.4, -0.2) is 64.3 Å². The van der Waals surface area contributed by atoms with Crippen LogP contribution in [0.3, 0.4) is 0 Å². The Morgan fingerprint density at radius 3 is 2.26 bits per heavy atom. The molecule has 0 atom stereocenters. The van der Waals surface area contributed by atoms with E-state index in [0.717, 1.165) is 11.4 Å². The van der Waals surface area contributed by atoms with E-state index in [9.17, 15) is 9.59 Å². The van der Waals surface area contributed by atoms with Crippen molar-refractivity contribution >= 4 is 23.5 Å². The van der Waals surface area contributed by atoms with E-state index in [-0.39, 0.29) is 11.8 Å². The second-order valence-corrected chi connectivity index (χ2v) is 6.57. The smallest absolute Gasteiger partial charge is 0.272 e. The average molecular weight is 367 g/mol. The molecule has 1 aliphatic heterocycles. The number of anilines is 2. The van der Waals surface area contributed by atoms with Crippen LogP contribution in [0.5, 0.6) is 0 Å². The lowest BCUT2D eigenvalue weighted by molar-refractivity contribution is -0.130. The molecule has 0 radical (unpaired) electrons. The van der Waals surface area contributed by atoms with E-state index < -0.39 is 0 Å². The van der Waals surface area contributed by atoms with Crippen molar-refractivity contribution in [1.82, 2.24) is 19.8 Å². The van der Waals surface area contributed by atoms with Crippen molar-refractivity contribution in [2.24, 2.45) is 0 Å². The lowest BCUT2D eigenvalue weighted by Gasteiger charge is -2.34. The number of carbonyl (C=O) groups excluding carboxylic acids is 2. The van der Waals surface area contributed by atoms with Gasteiger partial charge in [0.05, 0.1) is 0 Å². The average Bonchev–Trinajstić information content (AvgIpc) is 2.68. The minimum Gasteiger partial charge on any atom is -0.339 e. The largest absolute Gasteiger partial charge is 0.339 e. The number of aromatic nitrogens is 2. The van der Waals surface area contributed by atoms with E-state index in [1.165, 1.54) is 0 Å². The molecule has 0 unspecified atom stereocenters. The molecule has 1 fully saturated rings. The number of para-hydroxylation sites is 1. The van der Waals surface area contributed by atoms with Gasteiger partial charge in [-0.3, -0.25) is 9.59 Å². The summed E-state index contributed by atoms with van der Waals surface area (Å²) in [6.45, 7) is 8.31. The molecule has 0 aliphatic carbocycles. The second kappa shape index (κ2) is 8.16. The maximum Gasteiger partial charge on any atom is 0.272 e. The van der Waals surface area contributed by atoms with Crippen molar-refractivity contribution in [3.05, 3.63) is 47.8 Å². The quantitative estimate of drug-likeness (QED) is 0.829. The van der Waals surface area contributed by atoms with Gasteiger partial charge < -0.3 is 14.7 Å². The molecule has 3 rings (SSSR count). The van der Waals surface area contributed by atoms with Crippen LogP contribution in [-0.2, 0) is 4.79 Å². The lowest BCUT2D eigenvalue weighted by atomic mass is 10.2. The Bertz CT molecular complexity index is 816. The van der Waals surface area contributed by atoms with Gasteiger partial charge in [-0.2, -0.15) is 0 Å². The third-order valence-electron chi connectivity index (χ3n) is 4.70. The number of hydrogen-bond acceptors (Lipinski definition) is 5. The molecule has 1 aromatic heterocycles. The summed E-state index contributed by atoms with van der Waals surface area (Å²) < 4.78 is 0. The van der Waals surface area contributed by atoms with Crippen molar-refractivity contribution in [2.75, 3.05) is 37.6 Å². The van der Waals surface area contributed by atoms with Crippen molar-refractivity contribution in [2.45, 2.75) is 20.8 Å². The predicted molar refractivity (Wildman–Crippen MR) is 104 cm³/mol. The molecule has 0 saturated carbocycles. The van der Waals surface area contributed by atoms with Crippen molar-refractivity contribution in [3.63, 3.8) is 0 Å². The number of rotatable bonds is 4. The van der Waals surface area contributed by atoms with Gasteiger partial charge >= 0.3 is 0 Å². The third kappa shape index (κ3) is 4.24. The van der Waals surface area contributed by atoms with Crippen LogP contribution in [0, 0.1) is 6.92 Å². The highest BCUT2D eigenvalue weighted by molar-refractivity contribution is 5.93. The minimum absolute atomic E-state index is 0.0451. The summed E-state index contributed by atoms with van der Waals surface area (Å²) >= 11 is 0. The monoisotopic (exact) mass is 367 g/mol. The van der Waals surface area contributed by atoms with Crippen LogP contribution in [0.4, 0.5) is 11.6 Å². The summed E-state index contributed by atoms with van der Waals surface area (Å²) in [5.41, 5.74) is 2.13. The lowest BCUT2D eigenvalue weighted by Crippen LogP contribution is -2.50. The van der Waals surface area contributed by atoms with E-state index in [2.05, 4.69) is 9.97 Å². The summed E-state index contributed by atoms with van der Waals surface area (Å²) in [4.78, 5) is 39.0. The molecule has 2 amide bonds. The van der Waals surface area contributed by atoms with Crippen molar-refractivity contribution < 1.29 is 9.59 Å². The molecule has 0 N–H and O–H groups in total. The van der Waals surface area contributed by atoms with E-state index in [4.69, 9.17) is 0 Å². The minimum atomic E-state index is -0.117. The fraction of sp³-hybridized carbons (Fsp3) is 0.400. The van der Waals surface area contributed by atoms with Gasteiger partial charge in [0.15, 0.2) is 0 Å². The van der Waals surface area contributed by atoms with Crippen molar-refractivity contribution in [1.29, 1.82) is 0 Å². The third-order valence-corrected chi connectivity index (χ3v) is 4.70. The van der Waals surface area contributed by atoms with Gasteiger partial charge in [0.2, 0.25) is 11.9 Å². The fourth-order valence-corrected chi connectivity index (χ4v) is 3.22. The molecule has 0 bridgehead atoms. The molecule has 1 aromatic carbocycles. The Balaban J connectivity index is 1.83. The van der Waals surface area contributed by atoms with Crippen LogP contribution >= 0.6 is 0 Å². The first-order valence-corrected chi connectivity index (χ1v) is 9.22. The molecular weight excluding hydrogens is 342 g/mol. The number of aryl methyl sites for hydroxylation is 1. The highest BCUT2D eigenvalue weighted by Gasteiger charge is 2.25. The molecule has 2 aromatic rings. The van der Waals surface area contributed by atoms with Gasteiger partial charge in [0.25, 0.3) is 5.91 Å². The number of amides is 2. The molecular formula is C20H25N5O2. The van der Waals surface area contributed by atoms with Gasteiger partial charge in [-0.15, -0.1) is 0 Å². The zero-order valence-electron chi connectivity index (χ0n) is 16.1. The molecule has 27 heavy (non-hydrogen) atoms. The summed E-state index contributed by atoms with van der Waals surface area (Å²) in [6.07, 6.45) is 0. The Morgan fingerprint density at radius 1 is 1.04 bits per heavy atom. The molecule has 142 valence electrons. The summed E-state index contributed by atoms with van der Waals surface area (Å²) in [7, 11) is 0. The number of benzene rings is 1. The molecule has 2 heterocycles. The first kappa shape index (κ1) is 18.8. The Labute approximate surface area is 159 Å². The van der Waals surface area contributed by atoms with Gasteiger partial charge in [-0.1, -0.05) is 18.2 Å². The van der Waals surface area contributed by atoms with E-state index in [0.29, 0.717) is 44.4 Å². The van der Waals surface area contributed by atoms with E-state index in [1.54, 1.807) is 22.8 Å². The normalized spacial score (nSPS) is 14.2. The number of hydrogen-bond donors (Lipinski definition) is 0. The van der Waals surface area contributed by atoms with Gasteiger partial charge in [0.1, 0.15) is 5.69 Å². The van der Waals surface area contributed by atoms with Crippen LogP contribution in [0.25, 0.3) is 0 Å². The second-order valence-electron chi connectivity index (χ2n) is 6.57. The van der Waals surface area contributed by atoms with E-state index >= 15 is 0 Å². The molecule has 0 spiro atoms. The topological polar surface area (TPSA) is 69.6 Å². The van der Waals surface area contributed by atoms with Crippen LogP contribution in [0.2, 0.25) is 0 Å². The standard InChI is InChI=1S/C20H25N5O2/c1-4-25(17-8-6-5-7-9-17)20-21-15(2)14-18(22-20)19(27)24-12-10-23(11-13-24)16(3)26/h5-9,14H,4,10-13H2,1-3H3. The molecule has 1 saturated heterocycles. The maximum absolute atomic E-state index is 12.9. The van der Waals surface area contributed by atoms with E-state index in [1.807, 2.05) is 49.1 Å². The highest BCUT2D eigenvalue weighted by Crippen LogP contribution is 2.22. The maximum atomic E-state index is 12.9. The van der Waals surface area contributed by atoms with Crippen molar-refractivity contribution in [3.8, 4) is 0 Å². The zero-order valence-corrected chi connectivity index (χ0v) is 16.1. The van der Waals surface area contributed by atoms with Crippen LogP contribution in [0.1, 0.15) is 30.0 Å². The SMILES string of the molecule is CCN(c1ccccc1)c1nc(C)cc(C(=O)N2CCN(C(C)=O)CC2)n1. The number of carbonyl (C=O) groups is 2. The van der Waals surface area contributed by atoms with Gasteiger partial charge in [-0.25, -0.2) is 9.97 Å². The highest BCUT2D eigenvalue weighted by atomic mass is 16.2. The number of piperazine rings is 1. The molecule has 7 nitrogen and oxygen atoms in total.